The van der Waals surface area contributed by atoms with Gasteiger partial charge in [0.05, 0.1) is 12.6 Å². The third-order valence-corrected chi connectivity index (χ3v) is 6.15. The monoisotopic (exact) mass is 452 g/mol. The van der Waals surface area contributed by atoms with Crippen molar-refractivity contribution in [3.05, 3.63) is 11.6 Å². The van der Waals surface area contributed by atoms with Crippen LogP contribution in [0.25, 0.3) is 0 Å². The quantitative estimate of drug-likeness (QED) is 0.450. The maximum absolute atomic E-state index is 13.6. The van der Waals surface area contributed by atoms with Crippen LogP contribution >= 0.6 is 0 Å². The Morgan fingerprint density at radius 3 is 2.31 bits per heavy atom. The molecule has 2 amide bonds. The van der Waals surface area contributed by atoms with Gasteiger partial charge in [-0.3, -0.25) is 9.59 Å². The number of hydrogen-bond acceptors (Lipinski definition) is 6. The van der Waals surface area contributed by atoms with Crippen LogP contribution in [0, 0.1) is 11.3 Å². The zero-order valence-electron chi connectivity index (χ0n) is 21.7. The second-order valence-corrected chi connectivity index (χ2v) is 10.2. The molecule has 1 aliphatic rings. The van der Waals surface area contributed by atoms with Crippen molar-refractivity contribution in [2.75, 3.05) is 34.3 Å². The summed E-state index contributed by atoms with van der Waals surface area (Å²) in [6.07, 6.45) is 3.47. The van der Waals surface area contributed by atoms with E-state index >= 15 is 0 Å². The second kappa shape index (κ2) is 11.8. The lowest BCUT2D eigenvalue weighted by atomic mass is 9.84. The molecule has 3 atom stereocenters. The topological polar surface area (TPSA) is 82.2 Å². The molecule has 0 saturated carbocycles. The van der Waals surface area contributed by atoms with Crippen LogP contribution in [0.2, 0.25) is 0 Å². The van der Waals surface area contributed by atoms with Gasteiger partial charge in [-0.25, -0.2) is 14.8 Å². The molecule has 8 nitrogen and oxygen atoms in total. The van der Waals surface area contributed by atoms with E-state index in [1.165, 1.54) is 0 Å². The molecular formula is C24H44N4O4. The van der Waals surface area contributed by atoms with E-state index in [0.717, 1.165) is 19.4 Å². The van der Waals surface area contributed by atoms with Gasteiger partial charge in [-0.1, -0.05) is 40.7 Å². The molecule has 0 aromatic rings. The normalized spacial score (nSPS) is 20.6. The molecule has 1 fully saturated rings. The van der Waals surface area contributed by atoms with Gasteiger partial charge in [0, 0.05) is 33.3 Å². The highest BCUT2D eigenvalue weighted by atomic mass is 16.5. The van der Waals surface area contributed by atoms with Crippen LogP contribution in [0.3, 0.4) is 0 Å². The average Bonchev–Trinajstić information content (AvgIpc) is 2.69. The van der Waals surface area contributed by atoms with Crippen LogP contribution in [0.1, 0.15) is 61.3 Å². The Balaban J connectivity index is 3.12. The first-order chi connectivity index (χ1) is 14.7. The summed E-state index contributed by atoms with van der Waals surface area (Å²) in [6.45, 7) is 14.5. The van der Waals surface area contributed by atoms with E-state index in [1.807, 2.05) is 58.7 Å². The Kier molecular flexibility index (Phi) is 10.4. The molecule has 0 aromatic heterocycles. The van der Waals surface area contributed by atoms with E-state index in [2.05, 4.69) is 5.32 Å². The maximum atomic E-state index is 13.6. The number of hydrazine groups is 1. The summed E-state index contributed by atoms with van der Waals surface area (Å²) in [4.78, 5) is 40.5. The number of carbonyl (C=O) groups excluding carboxylic acids is 3. The fraction of sp³-hybridized carbons (Fsp3) is 0.792. The van der Waals surface area contributed by atoms with E-state index in [9.17, 15) is 14.4 Å². The summed E-state index contributed by atoms with van der Waals surface area (Å²) in [7, 11) is 5.60. The first kappa shape index (κ1) is 28.1. The van der Waals surface area contributed by atoms with Crippen LogP contribution in [-0.4, -0.2) is 85.1 Å². The van der Waals surface area contributed by atoms with E-state index in [4.69, 9.17) is 4.74 Å². The molecule has 184 valence electrons. The van der Waals surface area contributed by atoms with Crippen LogP contribution in [0.4, 0.5) is 0 Å². The molecule has 32 heavy (non-hydrogen) atoms. The SMILES string of the molecule is CCOC(=O)C(C)=C[C@H](C(C)C)N(C)C(=O)[C@@H](NC(=O)C1CCCN(C)N1C)C(C)(C)C. The lowest BCUT2D eigenvalue weighted by Crippen LogP contribution is -2.61. The summed E-state index contributed by atoms with van der Waals surface area (Å²) in [6, 6.07) is -1.31. The van der Waals surface area contributed by atoms with Gasteiger partial charge in [-0.05, 0) is 38.0 Å². The largest absolute Gasteiger partial charge is 0.463 e. The number of nitrogens with one attached hydrogen (secondary N) is 1. The molecular weight excluding hydrogens is 408 g/mol. The molecule has 1 aliphatic heterocycles. The van der Waals surface area contributed by atoms with Gasteiger partial charge in [-0.2, -0.15) is 0 Å². The molecule has 0 radical (unpaired) electrons. The molecule has 1 N–H and O–H groups in total. The summed E-state index contributed by atoms with van der Waals surface area (Å²) in [5.74, 6) is -0.628. The number of likely N-dealkylation sites (N-methyl/N-ethyl adjacent to an activating group) is 2. The minimum Gasteiger partial charge on any atom is -0.463 e. The lowest BCUT2D eigenvalue weighted by molar-refractivity contribution is -0.145. The molecule has 1 rings (SSSR count). The Morgan fingerprint density at radius 1 is 1.22 bits per heavy atom. The minimum absolute atomic E-state index is 0.0720. The molecule has 8 heteroatoms. The van der Waals surface area contributed by atoms with Crippen molar-refractivity contribution in [2.24, 2.45) is 11.3 Å². The Bertz CT molecular complexity index is 699. The summed E-state index contributed by atoms with van der Waals surface area (Å²) < 4.78 is 5.09. The van der Waals surface area contributed by atoms with Crippen molar-refractivity contribution >= 4 is 17.8 Å². The van der Waals surface area contributed by atoms with E-state index < -0.39 is 11.5 Å². The van der Waals surface area contributed by atoms with Gasteiger partial charge in [0.1, 0.15) is 12.1 Å². The van der Waals surface area contributed by atoms with E-state index in [-0.39, 0.29) is 35.8 Å². The fourth-order valence-corrected chi connectivity index (χ4v) is 3.96. The zero-order chi connectivity index (χ0) is 24.8. The van der Waals surface area contributed by atoms with Crippen molar-refractivity contribution in [3.63, 3.8) is 0 Å². The van der Waals surface area contributed by atoms with Crippen LogP contribution in [0.5, 0.6) is 0 Å². The molecule has 0 aliphatic carbocycles. The van der Waals surface area contributed by atoms with Crippen molar-refractivity contribution in [1.29, 1.82) is 0 Å². The van der Waals surface area contributed by atoms with Crippen LogP contribution in [0.15, 0.2) is 11.6 Å². The van der Waals surface area contributed by atoms with E-state index in [0.29, 0.717) is 12.2 Å². The van der Waals surface area contributed by atoms with Gasteiger partial charge >= 0.3 is 5.97 Å². The number of amides is 2. The number of hydrogen-bond donors (Lipinski definition) is 1. The van der Waals surface area contributed by atoms with Crippen LogP contribution < -0.4 is 5.32 Å². The highest BCUT2D eigenvalue weighted by molar-refractivity contribution is 5.91. The first-order valence-electron chi connectivity index (χ1n) is 11.6. The predicted molar refractivity (Wildman–Crippen MR) is 127 cm³/mol. The zero-order valence-corrected chi connectivity index (χ0v) is 21.7. The second-order valence-electron chi connectivity index (χ2n) is 10.2. The number of ether oxygens (including phenoxy) is 1. The van der Waals surface area contributed by atoms with Gasteiger partial charge in [0.25, 0.3) is 0 Å². The smallest absolute Gasteiger partial charge is 0.333 e. The van der Waals surface area contributed by atoms with Crippen molar-refractivity contribution in [3.8, 4) is 0 Å². The van der Waals surface area contributed by atoms with E-state index in [1.54, 1.807) is 31.9 Å². The fourth-order valence-electron chi connectivity index (χ4n) is 3.96. The number of rotatable bonds is 8. The highest BCUT2D eigenvalue weighted by Gasteiger charge is 2.39. The molecule has 1 saturated heterocycles. The summed E-state index contributed by atoms with van der Waals surface area (Å²) >= 11 is 0. The highest BCUT2D eigenvalue weighted by Crippen LogP contribution is 2.25. The molecule has 1 heterocycles. The Labute approximate surface area is 194 Å². The third kappa shape index (κ3) is 7.30. The Morgan fingerprint density at radius 2 is 1.81 bits per heavy atom. The third-order valence-electron chi connectivity index (χ3n) is 6.15. The van der Waals surface area contributed by atoms with Gasteiger partial charge in [0.2, 0.25) is 11.8 Å². The Hall–Kier alpha value is -1.93. The van der Waals surface area contributed by atoms with Gasteiger partial charge in [-0.15, -0.1) is 0 Å². The van der Waals surface area contributed by atoms with Crippen molar-refractivity contribution < 1.29 is 19.1 Å². The average molecular weight is 453 g/mol. The van der Waals surface area contributed by atoms with Gasteiger partial charge < -0.3 is 15.0 Å². The van der Waals surface area contributed by atoms with Crippen molar-refractivity contribution in [1.82, 2.24) is 20.2 Å². The summed E-state index contributed by atoms with van der Waals surface area (Å²) in [5.41, 5.74) is -0.0184. The standard InChI is InChI=1S/C24H44N4O4/c1-11-32-23(31)17(4)15-19(16(2)3)27(9)22(30)20(24(5,6)7)25-21(29)18-13-12-14-26(8)28(18)10/h15-16,18-20H,11-14H2,1-10H3,(H,25,29)/t18?,19-,20-/m1/s1. The first-order valence-corrected chi connectivity index (χ1v) is 11.6. The number of carbonyl (C=O) groups is 3. The molecule has 0 bridgehead atoms. The number of nitrogens with zero attached hydrogens (tertiary/aromatic N) is 3. The van der Waals surface area contributed by atoms with Crippen LogP contribution in [-0.2, 0) is 19.1 Å². The summed E-state index contributed by atoms with van der Waals surface area (Å²) in [5, 5.41) is 7.01. The minimum atomic E-state index is -0.696. The molecule has 0 aromatic carbocycles. The predicted octanol–water partition coefficient (Wildman–Crippen LogP) is 2.45. The maximum Gasteiger partial charge on any atom is 0.333 e. The van der Waals surface area contributed by atoms with Crippen molar-refractivity contribution in [2.45, 2.75) is 79.4 Å². The number of esters is 1. The van der Waals surface area contributed by atoms with Gasteiger partial charge in [0.15, 0.2) is 0 Å². The lowest BCUT2D eigenvalue weighted by Gasteiger charge is -2.41. The molecule has 0 spiro atoms. The molecule has 1 unspecified atom stereocenters.